The van der Waals surface area contributed by atoms with Gasteiger partial charge in [-0.3, -0.25) is 9.48 Å². The first-order chi connectivity index (χ1) is 13.7. The fraction of sp³-hybridized carbons (Fsp3) is 0.176. The fourth-order valence-corrected chi connectivity index (χ4v) is 3.28. The summed E-state index contributed by atoms with van der Waals surface area (Å²) in [5.41, 5.74) is 6.46. The van der Waals surface area contributed by atoms with Crippen LogP contribution in [0.15, 0.2) is 47.8 Å². The molecule has 152 valence electrons. The van der Waals surface area contributed by atoms with Crippen LogP contribution in [0.4, 0.5) is 17.5 Å². The van der Waals surface area contributed by atoms with Crippen LogP contribution in [0.2, 0.25) is 5.02 Å². The van der Waals surface area contributed by atoms with Crippen molar-refractivity contribution in [2.45, 2.75) is 18.0 Å². The maximum Gasteiger partial charge on any atom is 0.239 e. The number of aromatic nitrogens is 4. The van der Waals surface area contributed by atoms with Gasteiger partial charge in [0, 0.05) is 19.0 Å². The number of anilines is 3. The van der Waals surface area contributed by atoms with Gasteiger partial charge in [0.15, 0.2) is 15.7 Å². The molecule has 1 aromatic carbocycles. The van der Waals surface area contributed by atoms with E-state index in [1.54, 1.807) is 24.4 Å². The van der Waals surface area contributed by atoms with Crippen molar-refractivity contribution in [3.8, 4) is 0 Å². The predicted octanol–water partition coefficient (Wildman–Crippen LogP) is 1.57. The number of nitrogens with zero attached hydrogens (tertiary/aromatic N) is 4. The lowest BCUT2D eigenvalue weighted by molar-refractivity contribution is -0.118. The predicted molar refractivity (Wildman–Crippen MR) is 109 cm³/mol. The SMILES string of the molecule is CS(=O)(=O)c1cccc(CNc2nc(Nc3cnn(CC(N)=O)c3)ncc2Cl)c1. The van der Waals surface area contributed by atoms with Crippen LogP contribution in [0.5, 0.6) is 0 Å². The monoisotopic (exact) mass is 435 g/mol. The lowest BCUT2D eigenvalue weighted by Gasteiger charge is -2.10. The number of sulfone groups is 1. The van der Waals surface area contributed by atoms with Crippen molar-refractivity contribution < 1.29 is 13.2 Å². The summed E-state index contributed by atoms with van der Waals surface area (Å²) in [5.74, 6) is 0.132. The van der Waals surface area contributed by atoms with Crippen LogP contribution >= 0.6 is 11.6 Å². The third kappa shape index (κ3) is 5.65. The van der Waals surface area contributed by atoms with E-state index in [4.69, 9.17) is 17.3 Å². The van der Waals surface area contributed by atoms with E-state index in [0.717, 1.165) is 11.8 Å². The van der Waals surface area contributed by atoms with Gasteiger partial charge in [0.1, 0.15) is 11.6 Å². The van der Waals surface area contributed by atoms with Gasteiger partial charge in [0.25, 0.3) is 0 Å². The van der Waals surface area contributed by atoms with E-state index in [0.29, 0.717) is 23.1 Å². The summed E-state index contributed by atoms with van der Waals surface area (Å²) in [6.45, 7) is 0.276. The molecule has 0 aliphatic heterocycles. The molecule has 29 heavy (non-hydrogen) atoms. The van der Waals surface area contributed by atoms with Crippen LogP contribution in [0.1, 0.15) is 5.56 Å². The summed E-state index contributed by atoms with van der Waals surface area (Å²) in [4.78, 5) is 19.6. The molecule has 4 N–H and O–H groups in total. The van der Waals surface area contributed by atoms with Crippen molar-refractivity contribution in [2.24, 2.45) is 5.73 Å². The van der Waals surface area contributed by atoms with Crippen molar-refractivity contribution in [1.82, 2.24) is 19.7 Å². The highest BCUT2D eigenvalue weighted by Crippen LogP contribution is 2.22. The molecule has 1 amide bonds. The lowest BCUT2D eigenvalue weighted by Crippen LogP contribution is -2.18. The Kier molecular flexibility index (Phi) is 5.99. The zero-order valence-electron chi connectivity index (χ0n) is 15.3. The molecule has 2 aromatic heterocycles. The van der Waals surface area contributed by atoms with Crippen LogP contribution in [-0.2, 0) is 27.7 Å². The highest BCUT2D eigenvalue weighted by Gasteiger charge is 2.10. The molecule has 0 spiro atoms. The van der Waals surface area contributed by atoms with Crippen LogP contribution in [-0.4, -0.2) is 40.3 Å². The summed E-state index contributed by atoms with van der Waals surface area (Å²) in [7, 11) is -3.29. The van der Waals surface area contributed by atoms with Crippen LogP contribution in [0.3, 0.4) is 0 Å². The second-order valence-corrected chi connectivity index (χ2v) is 8.60. The molecule has 0 radical (unpaired) electrons. The van der Waals surface area contributed by atoms with Gasteiger partial charge in [-0.25, -0.2) is 13.4 Å². The summed E-state index contributed by atoms with van der Waals surface area (Å²) in [6, 6.07) is 6.59. The molecule has 0 aliphatic rings. The quantitative estimate of drug-likeness (QED) is 0.483. The number of amides is 1. The first kappa shape index (κ1) is 20.6. The van der Waals surface area contributed by atoms with Crippen LogP contribution < -0.4 is 16.4 Å². The minimum absolute atomic E-state index is 0.0392. The second-order valence-electron chi connectivity index (χ2n) is 6.18. The molecule has 0 unspecified atom stereocenters. The number of nitrogens with two attached hydrogens (primary N) is 1. The Labute approximate surface area is 172 Å². The Morgan fingerprint density at radius 1 is 1.31 bits per heavy atom. The van der Waals surface area contributed by atoms with E-state index in [9.17, 15) is 13.2 Å². The van der Waals surface area contributed by atoms with Crippen molar-refractivity contribution in [3.05, 3.63) is 53.4 Å². The number of carbonyl (C=O) groups excluding carboxylic acids is 1. The number of carbonyl (C=O) groups is 1. The minimum Gasteiger partial charge on any atom is -0.368 e. The average Bonchev–Trinajstić information content (AvgIpc) is 3.07. The summed E-state index contributed by atoms with van der Waals surface area (Å²) in [5, 5.41) is 10.3. The first-order valence-corrected chi connectivity index (χ1v) is 10.6. The maximum atomic E-state index is 11.7. The van der Waals surface area contributed by atoms with E-state index >= 15 is 0 Å². The largest absolute Gasteiger partial charge is 0.368 e. The van der Waals surface area contributed by atoms with Crippen molar-refractivity contribution in [3.63, 3.8) is 0 Å². The van der Waals surface area contributed by atoms with Gasteiger partial charge in [-0.15, -0.1) is 0 Å². The standard InChI is InChI=1S/C17H18ClN7O3S/c1-29(27,28)13-4-2-3-11(5-13)6-20-16-14(18)8-21-17(24-16)23-12-7-22-25(9-12)10-15(19)26/h2-5,7-9H,6,10H2,1H3,(H2,19,26)(H2,20,21,23,24). The van der Waals surface area contributed by atoms with Gasteiger partial charge < -0.3 is 16.4 Å². The zero-order chi connectivity index (χ0) is 21.0. The van der Waals surface area contributed by atoms with E-state index in [2.05, 4.69) is 25.7 Å². The Morgan fingerprint density at radius 2 is 2.10 bits per heavy atom. The summed E-state index contributed by atoms with van der Waals surface area (Å²) < 4.78 is 24.8. The molecule has 12 heteroatoms. The van der Waals surface area contributed by atoms with Crippen molar-refractivity contribution >= 4 is 44.8 Å². The van der Waals surface area contributed by atoms with Gasteiger partial charge >= 0.3 is 0 Å². The molecule has 0 fully saturated rings. The molecule has 0 saturated heterocycles. The summed E-state index contributed by atoms with van der Waals surface area (Å²) >= 11 is 6.15. The topological polar surface area (TPSA) is 145 Å². The molecule has 3 aromatic rings. The van der Waals surface area contributed by atoms with Gasteiger partial charge in [-0.1, -0.05) is 23.7 Å². The van der Waals surface area contributed by atoms with Crippen LogP contribution in [0, 0.1) is 0 Å². The molecule has 0 atom stereocenters. The summed E-state index contributed by atoms with van der Waals surface area (Å²) in [6.07, 6.45) is 5.68. The van der Waals surface area contributed by atoms with Crippen molar-refractivity contribution in [1.29, 1.82) is 0 Å². The molecule has 0 aliphatic carbocycles. The second kappa shape index (κ2) is 8.45. The third-order valence-corrected chi connectivity index (χ3v) is 5.12. The van der Waals surface area contributed by atoms with E-state index < -0.39 is 15.7 Å². The average molecular weight is 436 g/mol. The van der Waals surface area contributed by atoms with E-state index in [1.807, 2.05) is 0 Å². The number of rotatable bonds is 8. The van der Waals surface area contributed by atoms with Gasteiger partial charge in [0.05, 0.1) is 23.0 Å². The minimum atomic E-state index is -3.29. The molecule has 10 nitrogen and oxygen atoms in total. The number of primary amides is 1. The lowest BCUT2D eigenvalue weighted by atomic mass is 10.2. The molecule has 0 saturated carbocycles. The normalized spacial score (nSPS) is 11.2. The highest BCUT2D eigenvalue weighted by atomic mass is 35.5. The Hall–Kier alpha value is -3.18. The van der Waals surface area contributed by atoms with E-state index in [1.165, 1.54) is 23.1 Å². The highest BCUT2D eigenvalue weighted by molar-refractivity contribution is 7.90. The first-order valence-electron chi connectivity index (χ1n) is 8.34. The Morgan fingerprint density at radius 3 is 2.83 bits per heavy atom. The molecular formula is C17H18ClN7O3S. The molecule has 3 rings (SSSR count). The number of hydrogen-bond acceptors (Lipinski definition) is 8. The molecule has 0 bridgehead atoms. The smallest absolute Gasteiger partial charge is 0.239 e. The fourth-order valence-electron chi connectivity index (χ4n) is 2.43. The number of nitrogens with one attached hydrogen (secondary N) is 2. The molecular weight excluding hydrogens is 418 g/mol. The van der Waals surface area contributed by atoms with E-state index in [-0.39, 0.29) is 17.4 Å². The Bertz CT molecular complexity index is 1150. The Balaban J connectivity index is 1.71. The number of halogens is 1. The number of benzene rings is 1. The van der Waals surface area contributed by atoms with Gasteiger partial charge in [-0.2, -0.15) is 10.1 Å². The number of hydrogen-bond donors (Lipinski definition) is 3. The van der Waals surface area contributed by atoms with Gasteiger partial charge in [0.2, 0.25) is 11.9 Å². The van der Waals surface area contributed by atoms with Gasteiger partial charge in [-0.05, 0) is 17.7 Å². The molecule has 2 heterocycles. The zero-order valence-corrected chi connectivity index (χ0v) is 16.9. The van der Waals surface area contributed by atoms with Crippen LogP contribution in [0.25, 0.3) is 0 Å². The third-order valence-electron chi connectivity index (χ3n) is 3.74. The van der Waals surface area contributed by atoms with Crippen molar-refractivity contribution in [2.75, 3.05) is 16.9 Å². The maximum absolute atomic E-state index is 11.7.